The summed E-state index contributed by atoms with van der Waals surface area (Å²) in [5.41, 5.74) is 1.54. The maximum absolute atomic E-state index is 11.6. The van der Waals surface area contributed by atoms with Crippen LogP contribution in [0.3, 0.4) is 0 Å². The van der Waals surface area contributed by atoms with Gasteiger partial charge in [-0.2, -0.15) is 0 Å². The number of hydrogen-bond donors (Lipinski definition) is 1. The van der Waals surface area contributed by atoms with Gasteiger partial charge in [0.2, 0.25) is 5.91 Å². The van der Waals surface area contributed by atoms with Gasteiger partial charge in [-0.1, -0.05) is 5.16 Å². The molecule has 0 radical (unpaired) electrons. The number of carbonyl (C=O) groups excluding carboxylic acids is 1. The van der Waals surface area contributed by atoms with Crippen LogP contribution in [0.4, 0.5) is 5.69 Å². The Kier molecular flexibility index (Phi) is 5.02. The molecule has 0 aliphatic rings. The Labute approximate surface area is 126 Å². The lowest BCUT2D eigenvalue weighted by Crippen LogP contribution is -2.23. The highest BCUT2D eigenvalue weighted by Gasteiger charge is 2.03. The van der Waals surface area contributed by atoms with Gasteiger partial charge in [-0.05, 0) is 30.7 Å². The normalized spacial score (nSPS) is 10.8. The molecule has 0 fully saturated rings. The zero-order valence-electron chi connectivity index (χ0n) is 12.0. The maximum atomic E-state index is 11.6. The van der Waals surface area contributed by atoms with E-state index in [0.717, 1.165) is 11.5 Å². The molecule has 22 heavy (non-hydrogen) atoms. The van der Waals surface area contributed by atoms with Crippen molar-refractivity contribution in [1.82, 2.24) is 10.5 Å². The Morgan fingerprint density at radius 3 is 2.73 bits per heavy atom. The van der Waals surface area contributed by atoms with Gasteiger partial charge >= 0.3 is 0 Å². The minimum Gasteiger partial charge on any atom is -0.361 e. The van der Waals surface area contributed by atoms with Crippen LogP contribution in [0.25, 0.3) is 6.08 Å². The van der Waals surface area contributed by atoms with E-state index in [1.165, 1.54) is 18.2 Å². The number of benzene rings is 1. The number of aryl methyl sites for hydroxylation is 1. The van der Waals surface area contributed by atoms with Crippen molar-refractivity contribution in [2.24, 2.45) is 0 Å². The van der Waals surface area contributed by atoms with Crippen molar-refractivity contribution < 1.29 is 14.2 Å². The molecular formula is C15H15N3O4. The van der Waals surface area contributed by atoms with Crippen molar-refractivity contribution in [3.8, 4) is 0 Å². The highest BCUT2D eigenvalue weighted by molar-refractivity contribution is 5.91. The fraction of sp³-hybridized carbons (Fsp3) is 0.200. The second kappa shape index (κ2) is 7.16. The quantitative estimate of drug-likeness (QED) is 0.501. The summed E-state index contributed by atoms with van der Waals surface area (Å²) >= 11 is 0. The molecule has 0 saturated heterocycles. The van der Waals surface area contributed by atoms with Crippen LogP contribution in [-0.4, -0.2) is 22.5 Å². The third kappa shape index (κ3) is 4.55. The first kappa shape index (κ1) is 15.4. The van der Waals surface area contributed by atoms with E-state index in [1.807, 2.05) is 13.0 Å². The average Bonchev–Trinajstić information content (AvgIpc) is 2.91. The molecule has 114 valence electrons. The summed E-state index contributed by atoms with van der Waals surface area (Å²) < 4.78 is 5.03. The van der Waals surface area contributed by atoms with E-state index in [0.29, 0.717) is 18.5 Å². The van der Waals surface area contributed by atoms with Crippen molar-refractivity contribution >= 4 is 17.7 Å². The van der Waals surface area contributed by atoms with Crippen LogP contribution in [0.5, 0.6) is 0 Å². The van der Waals surface area contributed by atoms with E-state index in [4.69, 9.17) is 4.52 Å². The topological polar surface area (TPSA) is 98.3 Å². The van der Waals surface area contributed by atoms with Crippen LogP contribution in [0.1, 0.15) is 17.0 Å². The number of non-ortho nitro benzene ring substituents is 1. The number of carbonyl (C=O) groups is 1. The van der Waals surface area contributed by atoms with Gasteiger partial charge in [0.1, 0.15) is 5.76 Å². The van der Waals surface area contributed by atoms with E-state index in [9.17, 15) is 14.9 Å². The van der Waals surface area contributed by atoms with E-state index in [1.54, 1.807) is 18.2 Å². The fourth-order valence-corrected chi connectivity index (χ4v) is 1.78. The first-order chi connectivity index (χ1) is 10.5. The van der Waals surface area contributed by atoms with Crippen molar-refractivity contribution in [3.05, 3.63) is 63.5 Å². The molecule has 0 aliphatic carbocycles. The number of nitrogens with zero attached hydrogens (tertiary/aromatic N) is 2. The van der Waals surface area contributed by atoms with E-state index in [-0.39, 0.29) is 11.6 Å². The summed E-state index contributed by atoms with van der Waals surface area (Å²) in [5.74, 6) is 0.478. The Hall–Kier alpha value is -2.96. The summed E-state index contributed by atoms with van der Waals surface area (Å²) in [6.45, 7) is 2.27. The highest BCUT2D eigenvalue weighted by atomic mass is 16.6. The van der Waals surface area contributed by atoms with Gasteiger partial charge in [-0.15, -0.1) is 0 Å². The number of amides is 1. The predicted octanol–water partition coefficient (Wildman–Crippen LogP) is 2.26. The molecule has 2 rings (SSSR count). The molecule has 1 amide bonds. The van der Waals surface area contributed by atoms with Gasteiger partial charge in [0, 0.05) is 37.2 Å². The molecule has 0 saturated carbocycles. The number of nitrogens with one attached hydrogen (secondary N) is 1. The second-order valence-corrected chi connectivity index (χ2v) is 4.66. The Morgan fingerprint density at radius 1 is 1.41 bits per heavy atom. The molecule has 7 heteroatoms. The van der Waals surface area contributed by atoms with Crippen LogP contribution >= 0.6 is 0 Å². The smallest absolute Gasteiger partial charge is 0.269 e. The molecule has 7 nitrogen and oxygen atoms in total. The summed E-state index contributed by atoms with van der Waals surface area (Å²) in [7, 11) is 0. The maximum Gasteiger partial charge on any atom is 0.269 e. The van der Waals surface area contributed by atoms with E-state index >= 15 is 0 Å². The Bertz CT molecular complexity index is 689. The number of hydrogen-bond acceptors (Lipinski definition) is 5. The molecule has 0 aliphatic heterocycles. The highest BCUT2D eigenvalue weighted by Crippen LogP contribution is 2.12. The van der Waals surface area contributed by atoms with Gasteiger partial charge in [-0.3, -0.25) is 14.9 Å². The predicted molar refractivity (Wildman–Crippen MR) is 80.1 cm³/mol. The first-order valence-corrected chi connectivity index (χ1v) is 6.67. The number of nitro groups is 1. The molecule has 0 bridgehead atoms. The van der Waals surface area contributed by atoms with E-state index < -0.39 is 4.92 Å². The lowest BCUT2D eigenvalue weighted by atomic mass is 10.2. The van der Waals surface area contributed by atoms with Crippen LogP contribution in [-0.2, 0) is 11.2 Å². The zero-order valence-corrected chi connectivity index (χ0v) is 12.0. The molecule has 0 atom stereocenters. The SMILES string of the molecule is Cc1cc(CCNC(=O)/C=C/c2ccc([N+](=O)[O-])cc2)on1. The molecule has 1 N–H and O–H groups in total. The number of nitro benzene ring substituents is 1. The molecule has 1 heterocycles. The van der Waals surface area contributed by atoms with Crippen molar-refractivity contribution in [2.75, 3.05) is 6.54 Å². The zero-order chi connectivity index (χ0) is 15.9. The molecular weight excluding hydrogens is 286 g/mol. The first-order valence-electron chi connectivity index (χ1n) is 6.67. The number of aromatic nitrogens is 1. The largest absolute Gasteiger partial charge is 0.361 e. The molecule has 0 spiro atoms. The minimum atomic E-state index is -0.467. The van der Waals surface area contributed by atoms with Gasteiger partial charge in [0.15, 0.2) is 0 Å². The lowest BCUT2D eigenvalue weighted by Gasteiger charge is -1.99. The lowest BCUT2D eigenvalue weighted by molar-refractivity contribution is -0.384. The monoisotopic (exact) mass is 301 g/mol. The van der Waals surface area contributed by atoms with Gasteiger partial charge in [-0.25, -0.2) is 0 Å². The summed E-state index contributed by atoms with van der Waals surface area (Å²) in [5, 5.41) is 17.0. The van der Waals surface area contributed by atoms with Gasteiger partial charge in [0.05, 0.1) is 10.6 Å². The fourth-order valence-electron chi connectivity index (χ4n) is 1.78. The minimum absolute atomic E-state index is 0.0175. The third-order valence-electron chi connectivity index (χ3n) is 2.88. The van der Waals surface area contributed by atoms with Gasteiger partial charge < -0.3 is 9.84 Å². The molecule has 1 aromatic carbocycles. The second-order valence-electron chi connectivity index (χ2n) is 4.66. The van der Waals surface area contributed by atoms with Crippen molar-refractivity contribution in [2.45, 2.75) is 13.3 Å². The van der Waals surface area contributed by atoms with Crippen LogP contribution in [0, 0.1) is 17.0 Å². The molecule has 0 unspecified atom stereocenters. The van der Waals surface area contributed by atoms with Crippen LogP contribution in [0.2, 0.25) is 0 Å². The van der Waals surface area contributed by atoms with E-state index in [2.05, 4.69) is 10.5 Å². The van der Waals surface area contributed by atoms with Crippen molar-refractivity contribution in [3.63, 3.8) is 0 Å². The van der Waals surface area contributed by atoms with Gasteiger partial charge in [0.25, 0.3) is 5.69 Å². The summed E-state index contributed by atoms with van der Waals surface area (Å²) in [6.07, 6.45) is 3.54. The van der Waals surface area contributed by atoms with Crippen molar-refractivity contribution in [1.29, 1.82) is 0 Å². The summed E-state index contributed by atoms with van der Waals surface area (Å²) in [4.78, 5) is 21.7. The molecule has 1 aromatic heterocycles. The average molecular weight is 301 g/mol. The Balaban J connectivity index is 1.79. The summed E-state index contributed by atoms with van der Waals surface area (Å²) in [6, 6.07) is 7.77. The standard InChI is InChI=1S/C15H15N3O4/c1-11-10-14(22-17-11)8-9-16-15(19)7-4-12-2-5-13(6-3-12)18(20)21/h2-7,10H,8-9H2,1H3,(H,16,19)/b7-4+. The number of rotatable bonds is 6. The third-order valence-corrected chi connectivity index (χ3v) is 2.88. The Morgan fingerprint density at radius 2 is 2.14 bits per heavy atom. The van der Waals surface area contributed by atoms with Crippen LogP contribution < -0.4 is 5.32 Å². The van der Waals surface area contributed by atoms with Crippen LogP contribution in [0.15, 0.2) is 40.9 Å². The molecule has 2 aromatic rings.